The Kier molecular flexibility index (Phi) is 5.94. The molecule has 1 unspecified atom stereocenters. The standard InChI is InChI=1S/C17H27N5O3/c1-16(2,3)25-15(24)20-11-17(4,12-5-6-12)21-10-14(23)22-13-9-18-7-8-19-13/h7-9,12,21H,5-6,10-11H2,1-4H3,(H,20,24)(H,19,22,23). The molecule has 1 heterocycles. The number of hydrogen-bond donors (Lipinski definition) is 3. The van der Waals surface area contributed by atoms with Crippen LogP contribution >= 0.6 is 0 Å². The number of nitrogens with zero attached hydrogens (tertiary/aromatic N) is 2. The molecule has 3 N–H and O–H groups in total. The van der Waals surface area contributed by atoms with Gasteiger partial charge >= 0.3 is 6.09 Å². The van der Waals surface area contributed by atoms with Crippen LogP contribution in [-0.2, 0) is 9.53 Å². The summed E-state index contributed by atoms with van der Waals surface area (Å²) in [5.74, 6) is 0.630. The van der Waals surface area contributed by atoms with Gasteiger partial charge in [0.15, 0.2) is 5.82 Å². The Balaban J connectivity index is 1.83. The van der Waals surface area contributed by atoms with E-state index in [4.69, 9.17) is 4.74 Å². The van der Waals surface area contributed by atoms with Crippen LogP contribution in [-0.4, -0.2) is 46.2 Å². The summed E-state index contributed by atoms with van der Waals surface area (Å²) in [6, 6.07) is 0. The molecule has 1 aliphatic carbocycles. The molecule has 0 bridgehead atoms. The number of carbonyl (C=O) groups is 2. The van der Waals surface area contributed by atoms with Gasteiger partial charge in [0.1, 0.15) is 5.60 Å². The van der Waals surface area contributed by atoms with Crippen LogP contribution in [0.3, 0.4) is 0 Å². The lowest BCUT2D eigenvalue weighted by molar-refractivity contribution is -0.115. The van der Waals surface area contributed by atoms with E-state index in [1.807, 2.05) is 27.7 Å². The number of anilines is 1. The van der Waals surface area contributed by atoms with E-state index in [-0.39, 0.29) is 18.0 Å². The quantitative estimate of drug-likeness (QED) is 0.692. The molecule has 8 nitrogen and oxygen atoms in total. The van der Waals surface area contributed by atoms with Crippen LogP contribution in [0.4, 0.5) is 10.6 Å². The summed E-state index contributed by atoms with van der Waals surface area (Å²) in [6.07, 6.45) is 6.24. The molecule has 138 valence electrons. The van der Waals surface area contributed by atoms with E-state index in [1.54, 1.807) is 6.20 Å². The highest BCUT2D eigenvalue weighted by Crippen LogP contribution is 2.39. The maximum atomic E-state index is 12.1. The van der Waals surface area contributed by atoms with Gasteiger partial charge in [0.2, 0.25) is 5.91 Å². The topological polar surface area (TPSA) is 105 Å². The first-order valence-electron chi connectivity index (χ1n) is 8.46. The van der Waals surface area contributed by atoms with Crippen LogP contribution in [0.25, 0.3) is 0 Å². The third kappa shape index (κ3) is 6.66. The van der Waals surface area contributed by atoms with Crippen LogP contribution < -0.4 is 16.0 Å². The Morgan fingerprint density at radius 3 is 2.52 bits per heavy atom. The number of ether oxygens (including phenoxy) is 1. The minimum Gasteiger partial charge on any atom is -0.444 e. The Hall–Kier alpha value is -2.22. The summed E-state index contributed by atoms with van der Waals surface area (Å²) in [4.78, 5) is 31.9. The van der Waals surface area contributed by atoms with E-state index in [9.17, 15) is 9.59 Å². The Morgan fingerprint density at radius 1 is 1.24 bits per heavy atom. The second-order valence-electron chi connectivity index (χ2n) is 7.54. The monoisotopic (exact) mass is 349 g/mol. The third-order valence-corrected chi connectivity index (χ3v) is 3.96. The fourth-order valence-corrected chi connectivity index (χ4v) is 2.47. The van der Waals surface area contributed by atoms with E-state index in [0.717, 1.165) is 12.8 Å². The molecule has 1 aromatic heterocycles. The molecule has 0 spiro atoms. The molecule has 1 aromatic rings. The van der Waals surface area contributed by atoms with E-state index in [1.165, 1.54) is 12.4 Å². The van der Waals surface area contributed by atoms with E-state index < -0.39 is 11.7 Å². The lowest BCUT2D eigenvalue weighted by Crippen LogP contribution is -2.55. The molecule has 0 aromatic carbocycles. The van der Waals surface area contributed by atoms with Crippen molar-refractivity contribution in [3.8, 4) is 0 Å². The first-order chi connectivity index (χ1) is 11.7. The summed E-state index contributed by atoms with van der Waals surface area (Å²) < 4.78 is 5.27. The highest BCUT2D eigenvalue weighted by molar-refractivity contribution is 5.91. The average molecular weight is 349 g/mol. The first kappa shape index (κ1) is 19.1. The molecule has 0 radical (unpaired) electrons. The van der Waals surface area contributed by atoms with Crippen molar-refractivity contribution < 1.29 is 14.3 Å². The summed E-state index contributed by atoms with van der Waals surface area (Å²) >= 11 is 0. The van der Waals surface area contributed by atoms with Gasteiger partial charge < -0.3 is 20.7 Å². The number of nitrogens with one attached hydrogen (secondary N) is 3. The first-order valence-corrected chi connectivity index (χ1v) is 8.46. The predicted octanol–water partition coefficient (Wildman–Crippen LogP) is 1.70. The SMILES string of the molecule is CC(C)(C)OC(=O)NCC(C)(NCC(=O)Nc1cnccn1)C1CC1. The van der Waals surface area contributed by atoms with Gasteiger partial charge in [-0.2, -0.15) is 0 Å². The van der Waals surface area contributed by atoms with Gasteiger partial charge in [-0.05, 0) is 46.5 Å². The minimum atomic E-state index is -0.538. The largest absolute Gasteiger partial charge is 0.444 e. The van der Waals surface area contributed by atoms with Crippen molar-refractivity contribution in [1.82, 2.24) is 20.6 Å². The molecule has 1 aliphatic rings. The molecule has 1 atom stereocenters. The fourth-order valence-electron chi connectivity index (χ4n) is 2.47. The van der Waals surface area contributed by atoms with Crippen LogP contribution in [0.2, 0.25) is 0 Å². The average Bonchev–Trinajstić information content (AvgIpc) is 3.36. The predicted molar refractivity (Wildman–Crippen MR) is 94.0 cm³/mol. The molecule has 1 fully saturated rings. The van der Waals surface area contributed by atoms with Crippen molar-refractivity contribution in [1.29, 1.82) is 0 Å². The highest BCUT2D eigenvalue weighted by Gasteiger charge is 2.41. The smallest absolute Gasteiger partial charge is 0.407 e. The number of aromatic nitrogens is 2. The molecular formula is C17H27N5O3. The minimum absolute atomic E-state index is 0.125. The number of hydrogen-bond acceptors (Lipinski definition) is 6. The van der Waals surface area contributed by atoms with Gasteiger partial charge in [-0.1, -0.05) is 0 Å². The fraction of sp³-hybridized carbons (Fsp3) is 0.647. The van der Waals surface area contributed by atoms with Crippen molar-refractivity contribution >= 4 is 17.8 Å². The van der Waals surface area contributed by atoms with Gasteiger partial charge in [-0.15, -0.1) is 0 Å². The van der Waals surface area contributed by atoms with Crippen LogP contribution in [0, 0.1) is 5.92 Å². The number of amides is 2. The molecule has 1 saturated carbocycles. The normalized spacial score (nSPS) is 16.6. The second kappa shape index (κ2) is 7.77. The van der Waals surface area contributed by atoms with Gasteiger partial charge in [0, 0.05) is 24.5 Å². The molecule has 0 aliphatic heterocycles. The Morgan fingerprint density at radius 2 is 1.96 bits per heavy atom. The maximum Gasteiger partial charge on any atom is 0.407 e. The van der Waals surface area contributed by atoms with E-state index >= 15 is 0 Å². The number of alkyl carbamates (subject to hydrolysis) is 1. The molecule has 25 heavy (non-hydrogen) atoms. The summed E-state index contributed by atoms with van der Waals surface area (Å²) in [7, 11) is 0. The summed E-state index contributed by atoms with van der Waals surface area (Å²) in [5, 5.41) is 8.75. The molecule has 2 amide bonds. The van der Waals surface area contributed by atoms with Crippen molar-refractivity contribution in [2.24, 2.45) is 5.92 Å². The molecule has 2 rings (SSSR count). The number of rotatable bonds is 7. The molecular weight excluding hydrogens is 322 g/mol. The zero-order valence-corrected chi connectivity index (χ0v) is 15.3. The lowest BCUT2D eigenvalue weighted by atomic mass is 9.95. The highest BCUT2D eigenvalue weighted by atomic mass is 16.6. The van der Waals surface area contributed by atoms with E-state index in [0.29, 0.717) is 18.3 Å². The summed E-state index contributed by atoms with van der Waals surface area (Å²) in [6.45, 7) is 7.99. The van der Waals surface area contributed by atoms with Gasteiger partial charge in [0.25, 0.3) is 0 Å². The lowest BCUT2D eigenvalue weighted by Gasteiger charge is -2.31. The Bertz CT molecular complexity index is 598. The maximum absolute atomic E-state index is 12.1. The second-order valence-corrected chi connectivity index (χ2v) is 7.54. The molecule has 0 saturated heterocycles. The third-order valence-electron chi connectivity index (χ3n) is 3.96. The summed E-state index contributed by atoms with van der Waals surface area (Å²) in [5.41, 5.74) is -0.902. The number of carbonyl (C=O) groups excluding carboxylic acids is 2. The van der Waals surface area contributed by atoms with Crippen molar-refractivity contribution in [3.63, 3.8) is 0 Å². The van der Waals surface area contributed by atoms with Gasteiger partial charge in [0.05, 0.1) is 12.7 Å². The van der Waals surface area contributed by atoms with Crippen LogP contribution in [0.1, 0.15) is 40.5 Å². The van der Waals surface area contributed by atoms with Crippen LogP contribution in [0.5, 0.6) is 0 Å². The van der Waals surface area contributed by atoms with Crippen LogP contribution in [0.15, 0.2) is 18.6 Å². The van der Waals surface area contributed by atoms with Crippen molar-refractivity contribution in [3.05, 3.63) is 18.6 Å². The van der Waals surface area contributed by atoms with E-state index in [2.05, 4.69) is 25.9 Å². The Labute approximate surface area is 148 Å². The van der Waals surface area contributed by atoms with Gasteiger partial charge in [-0.25, -0.2) is 9.78 Å². The van der Waals surface area contributed by atoms with Crippen molar-refractivity contribution in [2.45, 2.75) is 51.7 Å². The van der Waals surface area contributed by atoms with Gasteiger partial charge in [-0.3, -0.25) is 9.78 Å². The zero-order valence-electron chi connectivity index (χ0n) is 15.3. The zero-order chi connectivity index (χ0) is 18.5. The molecule has 8 heteroatoms. The van der Waals surface area contributed by atoms with Crippen molar-refractivity contribution in [2.75, 3.05) is 18.4 Å².